The van der Waals surface area contributed by atoms with Crippen molar-refractivity contribution in [3.8, 4) is 0 Å². The zero-order valence-corrected chi connectivity index (χ0v) is 14.0. The van der Waals surface area contributed by atoms with E-state index in [9.17, 15) is 9.90 Å². The number of rotatable bonds is 5. The van der Waals surface area contributed by atoms with Gasteiger partial charge in [-0.3, -0.25) is 9.78 Å². The molecule has 2 saturated heterocycles. The molecule has 132 valence electrons. The zero-order chi connectivity index (χ0) is 17.0. The molecule has 2 aliphatic heterocycles. The van der Waals surface area contributed by atoms with E-state index in [1.165, 1.54) is 12.6 Å². The van der Waals surface area contributed by atoms with E-state index in [2.05, 4.69) is 14.9 Å². The Kier molecular flexibility index (Phi) is 5.30. The van der Waals surface area contributed by atoms with Crippen molar-refractivity contribution in [2.24, 2.45) is 11.1 Å². The van der Waals surface area contributed by atoms with Crippen LogP contribution in [0.2, 0.25) is 0 Å². The summed E-state index contributed by atoms with van der Waals surface area (Å²) in [5.41, 5.74) is 5.38. The highest BCUT2D eigenvalue weighted by Gasteiger charge is 2.37. The Bertz CT molecular complexity index is 567. The number of anilines is 1. The summed E-state index contributed by atoms with van der Waals surface area (Å²) in [5, 5.41) is 9.98. The average Bonchev–Trinajstić information content (AvgIpc) is 2.63. The van der Waals surface area contributed by atoms with Gasteiger partial charge in [-0.15, -0.1) is 0 Å². The summed E-state index contributed by atoms with van der Waals surface area (Å²) >= 11 is 0. The zero-order valence-electron chi connectivity index (χ0n) is 14.0. The molecule has 3 rings (SSSR count). The van der Waals surface area contributed by atoms with Crippen molar-refractivity contribution in [3.05, 3.63) is 18.1 Å². The average molecular weight is 334 g/mol. The van der Waals surface area contributed by atoms with Gasteiger partial charge < -0.3 is 20.5 Å². The summed E-state index contributed by atoms with van der Waals surface area (Å²) < 4.78 is 5.86. The number of piperidine rings is 1. The number of hydrogen-bond donors (Lipinski definition) is 2. The van der Waals surface area contributed by atoms with Crippen LogP contribution in [0, 0.1) is 5.41 Å². The lowest BCUT2D eigenvalue weighted by Crippen LogP contribution is -2.44. The Morgan fingerprint density at radius 1 is 1.38 bits per heavy atom. The van der Waals surface area contributed by atoms with Crippen molar-refractivity contribution < 1.29 is 14.6 Å². The molecule has 0 bridgehead atoms. The number of amides is 1. The molecule has 1 aromatic heterocycles. The number of aliphatic hydroxyl groups is 1. The van der Waals surface area contributed by atoms with E-state index in [0.717, 1.165) is 51.8 Å². The predicted octanol–water partition coefficient (Wildman–Crippen LogP) is 1.11. The lowest BCUT2D eigenvalue weighted by atomic mass is 9.74. The maximum Gasteiger partial charge on any atom is 0.268 e. The van der Waals surface area contributed by atoms with Crippen LogP contribution in [0.3, 0.4) is 0 Å². The van der Waals surface area contributed by atoms with Crippen LogP contribution in [0.5, 0.6) is 0 Å². The number of carbonyl (C=O) groups is 1. The molecule has 1 atom stereocenters. The van der Waals surface area contributed by atoms with Crippen LogP contribution in [0.25, 0.3) is 0 Å². The van der Waals surface area contributed by atoms with Crippen LogP contribution < -0.4 is 10.6 Å². The van der Waals surface area contributed by atoms with Crippen molar-refractivity contribution in [1.29, 1.82) is 0 Å². The molecule has 2 aliphatic rings. The van der Waals surface area contributed by atoms with E-state index in [4.69, 9.17) is 10.5 Å². The van der Waals surface area contributed by atoms with Crippen molar-refractivity contribution in [2.75, 3.05) is 31.2 Å². The van der Waals surface area contributed by atoms with Gasteiger partial charge in [0.25, 0.3) is 5.91 Å². The summed E-state index contributed by atoms with van der Waals surface area (Å²) in [7, 11) is 0. The van der Waals surface area contributed by atoms with Gasteiger partial charge in [-0.25, -0.2) is 4.98 Å². The molecule has 0 aliphatic carbocycles. The lowest BCUT2D eigenvalue weighted by Gasteiger charge is -2.43. The molecule has 1 aromatic rings. The summed E-state index contributed by atoms with van der Waals surface area (Å²) in [5.74, 6) is 0.104. The van der Waals surface area contributed by atoms with E-state index in [1.54, 1.807) is 6.20 Å². The second-order valence-electron chi connectivity index (χ2n) is 6.96. The largest absolute Gasteiger partial charge is 0.396 e. The molecule has 1 amide bonds. The number of nitrogens with zero attached hydrogens (tertiary/aromatic N) is 3. The number of aromatic nitrogens is 2. The molecular formula is C17H26N4O3. The smallest absolute Gasteiger partial charge is 0.268 e. The normalized spacial score (nSPS) is 23.9. The quantitative estimate of drug-likeness (QED) is 0.836. The number of carbonyl (C=O) groups excluding carboxylic acids is 1. The Hall–Kier alpha value is -1.73. The molecule has 7 nitrogen and oxygen atoms in total. The molecule has 3 heterocycles. The maximum absolute atomic E-state index is 11.3. The van der Waals surface area contributed by atoms with Gasteiger partial charge in [-0.05, 0) is 43.9 Å². The highest BCUT2D eigenvalue weighted by Crippen LogP contribution is 2.38. The van der Waals surface area contributed by atoms with E-state index in [0.29, 0.717) is 5.82 Å². The van der Waals surface area contributed by atoms with Crippen LogP contribution in [0.4, 0.5) is 5.82 Å². The summed E-state index contributed by atoms with van der Waals surface area (Å²) in [6.45, 7) is 2.59. The first-order chi connectivity index (χ1) is 11.6. The predicted molar refractivity (Wildman–Crippen MR) is 89.7 cm³/mol. The number of nitrogens with two attached hydrogens (primary N) is 1. The molecular weight excluding hydrogens is 308 g/mol. The number of primary amides is 1. The van der Waals surface area contributed by atoms with Crippen LogP contribution >= 0.6 is 0 Å². The molecule has 24 heavy (non-hydrogen) atoms. The van der Waals surface area contributed by atoms with Gasteiger partial charge in [-0.2, -0.15) is 0 Å². The second-order valence-corrected chi connectivity index (χ2v) is 6.96. The molecule has 0 radical (unpaired) electrons. The molecule has 1 unspecified atom stereocenters. The summed E-state index contributed by atoms with van der Waals surface area (Å²) in [6, 6.07) is 0. The van der Waals surface area contributed by atoms with Crippen LogP contribution in [0.1, 0.15) is 49.0 Å². The Balaban J connectivity index is 1.63. The summed E-state index contributed by atoms with van der Waals surface area (Å²) in [4.78, 5) is 21.7. The first kappa shape index (κ1) is 17.1. The van der Waals surface area contributed by atoms with Crippen LogP contribution in [-0.2, 0) is 4.74 Å². The molecule has 7 heteroatoms. The van der Waals surface area contributed by atoms with Gasteiger partial charge in [0.1, 0.15) is 11.5 Å². The lowest BCUT2D eigenvalue weighted by molar-refractivity contribution is -0.0355. The fraction of sp³-hybridized carbons (Fsp3) is 0.706. The minimum absolute atomic E-state index is 0.0762. The number of ether oxygens (including phenoxy) is 1. The highest BCUT2D eigenvalue weighted by atomic mass is 16.5. The molecule has 0 aromatic carbocycles. The van der Waals surface area contributed by atoms with E-state index >= 15 is 0 Å². The van der Waals surface area contributed by atoms with Crippen molar-refractivity contribution >= 4 is 11.7 Å². The van der Waals surface area contributed by atoms with Crippen molar-refractivity contribution in [1.82, 2.24) is 9.97 Å². The molecule has 2 fully saturated rings. The van der Waals surface area contributed by atoms with E-state index in [1.807, 2.05) is 0 Å². The van der Waals surface area contributed by atoms with E-state index in [-0.39, 0.29) is 23.8 Å². The Labute approximate surface area is 142 Å². The van der Waals surface area contributed by atoms with Crippen molar-refractivity contribution in [3.63, 3.8) is 0 Å². The van der Waals surface area contributed by atoms with Gasteiger partial charge in [-0.1, -0.05) is 0 Å². The summed E-state index contributed by atoms with van der Waals surface area (Å²) in [6.07, 6.45) is 9.45. The fourth-order valence-corrected chi connectivity index (χ4v) is 3.72. The SMILES string of the molecule is NC(=O)c1cncc(N2CCC(CO)(CC3CCCCO3)CC2)n1. The third-order valence-electron chi connectivity index (χ3n) is 5.29. The number of aliphatic hydroxyl groups excluding tert-OH is 1. The topological polar surface area (TPSA) is 102 Å². The Morgan fingerprint density at radius 3 is 2.79 bits per heavy atom. The third kappa shape index (κ3) is 3.84. The minimum atomic E-state index is -0.569. The highest BCUT2D eigenvalue weighted by molar-refractivity contribution is 5.90. The molecule has 0 saturated carbocycles. The van der Waals surface area contributed by atoms with Gasteiger partial charge in [0.05, 0.1) is 18.5 Å². The monoisotopic (exact) mass is 334 g/mol. The van der Waals surface area contributed by atoms with Crippen LogP contribution in [0.15, 0.2) is 12.4 Å². The minimum Gasteiger partial charge on any atom is -0.396 e. The van der Waals surface area contributed by atoms with Gasteiger partial charge in [0.2, 0.25) is 0 Å². The van der Waals surface area contributed by atoms with E-state index < -0.39 is 5.91 Å². The first-order valence-corrected chi connectivity index (χ1v) is 8.71. The third-order valence-corrected chi connectivity index (χ3v) is 5.29. The number of hydrogen-bond acceptors (Lipinski definition) is 6. The Morgan fingerprint density at radius 2 is 2.17 bits per heavy atom. The first-order valence-electron chi connectivity index (χ1n) is 8.71. The van der Waals surface area contributed by atoms with Crippen molar-refractivity contribution in [2.45, 2.75) is 44.6 Å². The maximum atomic E-state index is 11.3. The second kappa shape index (κ2) is 7.44. The standard InChI is InChI=1S/C17H26N4O3/c18-16(23)14-10-19-11-15(20-14)21-6-4-17(12-22,5-7-21)9-13-3-1-2-8-24-13/h10-11,13,22H,1-9,12H2,(H2,18,23). The van der Waals surface area contributed by atoms with Crippen LogP contribution in [-0.4, -0.2) is 53.4 Å². The van der Waals surface area contributed by atoms with Gasteiger partial charge >= 0.3 is 0 Å². The molecule has 0 spiro atoms. The molecule has 3 N–H and O–H groups in total. The van der Waals surface area contributed by atoms with Gasteiger partial charge in [0, 0.05) is 26.3 Å². The fourth-order valence-electron chi connectivity index (χ4n) is 3.72. The van der Waals surface area contributed by atoms with Gasteiger partial charge in [0.15, 0.2) is 0 Å².